The average molecular weight is 346 g/mol. The number of amides is 1. The Morgan fingerprint density at radius 1 is 1.08 bits per heavy atom. The van der Waals surface area contributed by atoms with Crippen molar-refractivity contribution in [1.82, 2.24) is 0 Å². The number of rotatable bonds is 7. The van der Waals surface area contributed by atoms with Gasteiger partial charge in [0.15, 0.2) is 6.10 Å². The highest BCUT2D eigenvalue weighted by atomic mass is 16.6. The van der Waals surface area contributed by atoms with Gasteiger partial charge in [0, 0.05) is 6.07 Å². The number of methoxy groups -OCH3 is 2. The maximum atomic E-state index is 12.3. The summed E-state index contributed by atoms with van der Waals surface area (Å²) in [6, 6.07) is 11.0. The van der Waals surface area contributed by atoms with Crippen LogP contribution >= 0.6 is 0 Å². The number of nitrogens with zero attached hydrogens (tertiary/aromatic N) is 1. The van der Waals surface area contributed by atoms with Crippen LogP contribution in [0.3, 0.4) is 0 Å². The Morgan fingerprint density at radius 2 is 1.72 bits per heavy atom. The molecule has 0 saturated heterocycles. The molecule has 1 amide bonds. The second-order valence-electron chi connectivity index (χ2n) is 5.07. The molecule has 1 atom stereocenters. The summed E-state index contributed by atoms with van der Waals surface area (Å²) >= 11 is 0. The number of carbonyl (C=O) groups excluding carboxylic acids is 1. The molecule has 0 aliphatic carbocycles. The third-order valence-electron chi connectivity index (χ3n) is 3.38. The molecule has 25 heavy (non-hydrogen) atoms. The lowest BCUT2D eigenvalue weighted by Crippen LogP contribution is -2.30. The molecule has 0 saturated carbocycles. The first-order valence-electron chi connectivity index (χ1n) is 7.38. The minimum absolute atomic E-state index is 0.0666. The maximum Gasteiger partial charge on any atom is 0.296 e. The van der Waals surface area contributed by atoms with Gasteiger partial charge < -0.3 is 19.5 Å². The molecule has 1 N–H and O–H groups in total. The number of anilines is 1. The van der Waals surface area contributed by atoms with Crippen LogP contribution in [0.5, 0.6) is 17.2 Å². The van der Waals surface area contributed by atoms with Crippen molar-refractivity contribution in [3.8, 4) is 17.2 Å². The summed E-state index contributed by atoms with van der Waals surface area (Å²) < 4.78 is 15.6. The molecule has 0 heterocycles. The lowest BCUT2D eigenvalue weighted by molar-refractivity contribution is -0.384. The first kappa shape index (κ1) is 18.1. The molecule has 2 aromatic carbocycles. The molecular formula is C17H18N2O6. The summed E-state index contributed by atoms with van der Waals surface area (Å²) in [4.78, 5) is 22.8. The number of nitro groups is 1. The Labute approximate surface area is 144 Å². The van der Waals surface area contributed by atoms with E-state index in [0.717, 1.165) is 0 Å². The molecule has 2 rings (SSSR count). The largest absolute Gasteiger partial charge is 0.497 e. The molecule has 8 nitrogen and oxygen atoms in total. The fourth-order valence-corrected chi connectivity index (χ4v) is 2.06. The summed E-state index contributed by atoms with van der Waals surface area (Å²) in [6.45, 7) is 1.55. The number of hydrogen-bond acceptors (Lipinski definition) is 6. The van der Waals surface area contributed by atoms with E-state index in [1.807, 2.05) is 0 Å². The van der Waals surface area contributed by atoms with Crippen LogP contribution in [0.1, 0.15) is 6.92 Å². The topological polar surface area (TPSA) is 99.9 Å². The Balaban J connectivity index is 2.11. The summed E-state index contributed by atoms with van der Waals surface area (Å²) in [5.41, 5.74) is -0.196. The van der Waals surface area contributed by atoms with E-state index in [1.54, 1.807) is 31.2 Å². The molecule has 1 unspecified atom stereocenters. The molecule has 8 heteroatoms. The first-order chi connectivity index (χ1) is 11.9. The fourth-order valence-electron chi connectivity index (χ4n) is 2.06. The van der Waals surface area contributed by atoms with E-state index in [4.69, 9.17) is 14.2 Å². The van der Waals surface area contributed by atoms with E-state index < -0.39 is 16.9 Å². The standard InChI is InChI=1S/C17H18N2O6/c1-11(25-14-6-4-5-12(9-14)23-2)17(20)18-15-8-7-13(24-3)10-16(15)19(21)22/h4-11H,1-3H3,(H,18,20). The summed E-state index contributed by atoms with van der Waals surface area (Å²) in [5, 5.41) is 13.7. The van der Waals surface area contributed by atoms with Crippen LogP contribution in [-0.4, -0.2) is 31.2 Å². The van der Waals surface area contributed by atoms with Gasteiger partial charge in [0.05, 0.1) is 25.2 Å². The van der Waals surface area contributed by atoms with Gasteiger partial charge in [-0.1, -0.05) is 6.07 Å². The number of hydrogen-bond donors (Lipinski definition) is 1. The van der Waals surface area contributed by atoms with Crippen molar-refractivity contribution in [1.29, 1.82) is 0 Å². The van der Waals surface area contributed by atoms with E-state index >= 15 is 0 Å². The molecule has 132 valence electrons. The van der Waals surface area contributed by atoms with Gasteiger partial charge >= 0.3 is 0 Å². The predicted octanol–water partition coefficient (Wildman–Crippen LogP) is 3.02. The lowest BCUT2D eigenvalue weighted by Gasteiger charge is -2.15. The average Bonchev–Trinajstić information content (AvgIpc) is 2.61. The van der Waals surface area contributed by atoms with Crippen LogP contribution in [0.4, 0.5) is 11.4 Å². The second-order valence-corrected chi connectivity index (χ2v) is 5.07. The molecule has 2 aromatic rings. The highest BCUT2D eigenvalue weighted by Crippen LogP contribution is 2.29. The molecule has 0 radical (unpaired) electrons. The van der Waals surface area contributed by atoms with Gasteiger partial charge in [-0.3, -0.25) is 14.9 Å². The maximum absolute atomic E-state index is 12.3. The Hall–Kier alpha value is -3.29. The molecular weight excluding hydrogens is 328 g/mol. The molecule has 0 fully saturated rings. The Morgan fingerprint density at radius 3 is 2.36 bits per heavy atom. The molecule has 0 aliphatic heterocycles. The van der Waals surface area contributed by atoms with E-state index in [0.29, 0.717) is 17.2 Å². The van der Waals surface area contributed by atoms with Crippen molar-refractivity contribution >= 4 is 17.3 Å². The number of nitrogens with one attached hydrogen (secondary N) is 1. The van der Waals surface area contributed by atoms with Gasteiger partial charge in [-0.25, -0.2) is 0 Å². The predicted molar refractivity (Wildman–Crippen MR) is 91.4 cm³/mol. The monoisotopic (exact) mass is 346 g/mol. The van der Waals surface area contributed by atoms with Crippen molar-refractivity contribution in [2.75, 3.05) is 19.5 Å². The van der Waals surface area contributed by atoms with Gasteiger partial charge in [0.2, 0.25) is 0 Å². The first-order valence-corrected chi connectivity index (χ1v) is 7.38. The van der Waals surface area contributed by atoms with Gasteiger partial charge in [-0.2, -0.15) is 0 Å². The quantitative estimate of drug-likeness (QED) is 0.611. The third kappa shape index (κ3) is 4.60. The Kier molecular flexibility index (Phi) is 5.78. The van der Waals surface area contributed by atoms with Crippen molar-refractivity contribution in [2.24, 2.45) is 0 Å². The fraction of sp³-hybridized carbons (Fsp3) is 0.235. The molecule has 0 aromatic heterocycles. The Bertz CT molecular complexity index is 777. The minimum Gasteiger partial charge on any atom is -0.497 e. The second kappa shape index (κ2) is 8.00. The SMILES string of the molecule is COc1cccc(OC(C)C(=O)Nc2ccc(OC)cc2[N+](=O)[O-])c1. The van der Waals surface area contributed by atoms with Crippen molar-refractivity contribution in [3.05, 3.63) is 52.6 Å². The number of ether oxygens (including phenoxy) is 3. The normalized spacial score (nSPS) is 11.3. The highest BCUT2D eigenvalue weighted by molar-refractivity contribution is 5.96. The van der Waals surface area contributed by atoms with Gasteiger partial charge in [-0.05, 0) is 31.2 Å². The molecule has 0 bridgehead atoms. The van der Waals surface area contributed by atoms with E-state index in [1.165, 1.54) is 32.4 Å². The third-order valence-corrected chi connectivity index (χ3v) is 3.38. The van der Waals surface area contributed by atoms with Crippen LogP contribution in [0.15, 0.2) is 42.5 Å². The van der Waals surface area contributed by atoms with Crippen molar-refractivity contribution in [2.45, 2.75) is 13.0 Å². The smallest absolute Gasteiger partial charge is 0.296 e. The van der Waals surface area contributed by atoms with Gasteiger partial charge in [0.25, 0.3) is 11.6 Å². The molecule has 0 aliphatic rings. The van der Waals surface area contributed by atoms with Crippen LogP contribution in [0.2, 0.25) is 0 Å². The summed E-state index contributed by atoms with van der Waals surface area (Å²) in [6.07, 6.45) is -0.867. The number of benzene rings is 2. The van der Waals surface area contributed by atoms with Gasteiger partial charge in [-0.15, -0.1) is 0 Å². The number of nitro benzene ring substituents is 1. The lowest BCUT2D eigenvalue weighted by atomic mass is 10.2. The zero-order valence-electron chi connectivity index (χ0n) is 14.0. The van der Waals surface area contributed by atoms with Crippen molar-refractivity contribution in [3.63, 3.8) is 0 Å². The van der Waals surface area contributed by atoms with Crippen LogP contribution in [0.25, 0.3) is 0 Å². The van der Waals surface area contributed by atoms with E-state index in [-0.39, 0.29) is 11.4 Å². The van der Waals surface area contributed by atoms with Crippen LogP contribution < -0.4 is 19.5 Å². The highest BCUT2D eigenvalue weighted by Gasteiger charge is 2.21. The summed E-state index contributed by atoms with van der Waals surface area (Å²) in [7, 11) is 2.93. The zero-order valence-corrected chi connectivity index (χ0v) is 14.0. The van der Waals surface area contributed by atoms with E-state index in [2.05, 4.69) is 5.32 Å². The van der Waals surface area contributed by atoms with E-state index in [9.17, 15) is 14.9 Å². The summed E-state index contributed by atoms with van der Waals surface area (Å²) in [5.74, 6) is 0.851. The molecule has 0 spiro atoms. The number of carbonyl (C=O) groups is 1. The van der Waals surface area contributed by atoms with Crippen molar-refractivity contribution < 1.29 is 23.9 Å². The van der Waals surface area contributed by atoms with Crippen LogP contribution in [-0.2, 0) is 4.79 Å². The zero-order chi connectivity index (χ0) is 18.4. The van der Waals surface area contributed by atoms with Gasteiger partial charge in [0.1, 0.15) is 22.9 Å². The minimum atomic E-state index is -0.867. The van der Waals surface area contributed by atoms with Crippen LogP contribution in [0, 0.1) is 10.1 Å².